The first-order valence-corrected chi connectivity index (χ1v) is 8.21. The fraction of sp³-hybridized carbons (Fsp3) is 0.643. The SMILES string of the molecule is CCOCCCNC(=S)N1CCc2sccc2C1C. The molecule has 0 saturated carbocycles. The number of fused-ring (bicyclic) bond motifs is 1. The van der Waals surface area contributed by atoms with E-state index in [9.17, 15) is 0 Å². The standard InChI is InChI=1S/C14H22N2OS2/c1-3-17-9-4-7-15-14(18)16-8-5-13-12(11(16)2)6-10-19-13/h6,10-11H,3-5,7-9H2,1-2H3,(H,15,18). The van der Waals surface area contributed by atoms with Gasteiger partial charge in [0.2, 0.25) is 0 Å². The number of hydrogen-bond acceptors (Lipinski definition) is 3. The molecule has 1 atom stereocenters. The summed E-state index contributed by atoms with van der Waals surface area (Å²) in [6.45, 7) is 7.75. The van der Waals surface area contributed by atoms with Crippen LogP contribution in [0.15, 0.2) is 11.4 Å². The molecule has 0 saturated heterocycles. The Morgan fingerprint density at radius 2 is 2.47 bits per heavy atom. The predicted molar refractivity (Wildman–Crippen MR) is 84.9 cm³/mol. The molecular formula is C14H22N2OS2. The summed E-state index contributed by atoms with van der Waals surface area (Å²) in [5.74, 6) is 0. The molecule has 0 amide bonds. The molecule has 2 heterocycles. The Morgan fingerprint density at radius 3 is 3.26 bits per heavy atom. The smallest absolute Gasteiger partial charge is 0.169 e. The fourth-order valence-electron chi connectivity index (χ4n) is 2.40. The topological polar surface area (TPSA) is 24.5 Å². The Hall–Kier alpha value is -0.650. The molecule has 19 heavy (non-hydrogen) atoms. The van der Waals surface area contributed by atoms with Crippen molar-refractivity contribution >= 4 is 28.7 Å². The van der Waals surface area contributed by atoms with Gasteiger partial charge < -0.3 is 15.0 Å². The summed E-state index contributed by atoms with van der Waals surface area (Å²) in [6, 6.07) is 2.62. The zero-order chi connectivity index (χ0) is 13.7. The highest BCUT2D eigenvalue weighted by Gasteiger charge is 2.25. The number of thiocarbonyl (C=S) groups is 1. The molecule has 1 aliphatic heterocycles. The van der Waals surface area contributed by atoms with Crippen molar-refractivity contribution in [2.24, 2.45) is 0 Å². The van der Waals surface area contributed by atoms with Gasteiger partial charge in [-0.15, -0.1) is 11.3 Å². The van der Waals surface area contributed by atoms with Crippen LogP contribution in [-0.2, 0) is 11.2 Å². The molecular weight excluding hydrogens is 276 g/mol. The monoisotopic (exact) mass is 298 g/mol. The third kappa shape index (κ3) is 3.68. The van der Waals surface area contributed by atoms with Crippen LogP contribution in [0.25, 0.3) is 0 Å². The molecule has 2 rings (SSSR count). The molecule has 106 valence electrons. The van der Waals surface area contributed by atoms with Crippen molar-refractivity contribution in [2.45, 2.75) is 32.7 Å². The first-order valence-electron chi connectivity index (χ1n) is 6.92. The Morgan fingerprint density at radius 1 is 1.63 bits per heavy atom. The van der Waals surface area contributed by atoms with Crippen LogP contribution in [0.3, 0.4) is 0 Å². The van der Waals surface area contributed by atoms with E-state index >= 15 is 0 Å². The van der Waals surface area contributed by atoms with Crippen LogP contribution in [0.1, 0.15) is 36.8 Å². The Labute approximate surface area is 124 Å². The fourth-order valence-corrected chi connectivity index (χ4v) is 3.72. The Bertz CT molecular complexity index is 419. The molecule has 0 bridgehead atoms. The van der Waals surface area contributed by atoms with E-state index in [1.165, 1.54) is 10.4 Å². The minimum absolute atomic E-state index is 0.391. The molecule has 3 nitrogen and oxygen atoms in total. The van der Waals surface area contributed by atoms with Crippen molar-refractivity contribution in [1.82, 2.24) is 10.2 Å². The maximum absolute atomic E-state index is 5.51. The number of nitrogens with zero attached hydrogens (tertiary/aromatic N) is 1. The van der Waals surface area contributed by atoms with E-state index in [4.69, 9.17) is 17.0 Å². The van der Waals surface area contributed by atoms with Crippen LogP contribution in [0.2, 0.25) is 0 Å². The quantitative estimate of drug-likeness (QED) is 0.667. The number of rotatable bonds is 5. The molecule has 0 aliphatic carbocycles. The van der Waals surface area contributed by atoms with Gasteiger partial charge in [0, 0.05) is 31.2 Å². The maximum atomic E-state index is 5.51. The summed E-state index contributed by atoms with van der Waals surface area (Å²) >= 11 is 7.37. The second kappa shape index (κ2) is 7.22. The van der Waals surface area contributed by atoms with Crippen LogP contribution in [0.4, 0.5) is 0 Å². The van der Waals surface area contributed by atoms with Crippen molar-refractivity contribution in [1.29, 1.82) is 0 Å². The van der Waals surface area contributed by atoms with Crippen molar-refractivity contribution < 1.29 is 4.74 Å². The lowest BCUT2D eigenvalue weighted by atomic mass is 10.0. The third-order valence-electron chi connectivity index (χ3n) is 3.48. The minimum Gasteiger partial charge on any atom is -0.382 e. The second-order valence-electron chi connectivity index (χ2n) is 4.70. The lowest BCUT2D eigenvalue weighted by Gasteiger charge is -2.35. The number of thiophene rings is 1. The lowest BCUT2D eigenvalue weighted by molar-refractivity contribution is 0.145. The largest absolute Gasteiger partial charge is 0.382 e. The van der Waals surface area contributed by atoms with Gasteiger partial charge in [0.1, 0.15) is 0 Å². The van der Waals surface area contributed by atoms with Crippen LogP contribution in [0.5, 0.6) is 0 Å². The average molecular weight is 298 g/mol. The number of hydrogen-bond donors (Lipinski definition) is 1. The van der Waals surface area contributed by atoms with E-state index < -0.39 is 0 Å². The molecule has 1 N–H and O–H groups in total. The molecule has 0 spiro atoms. The van der Waals surface area contributed by atoms with Crippen LogP contribution in [-0.4, -0.2) is 36.3 Å². The maximum Gasteiger partial charge on any atom is 0.169 e. The molecule has 1 aliphatic rings. The zero-order valence-corrected chi connectivity index (χ0v) is 13.3. The van der Waals surface area contributed by atoms with E-state index in [0.29, 0.717) is 6.04 Å². The summed E-state index contributed by atoms with van der Waals surface area (Å²) in [6.07, 6.45) is 2.11. The molecule has 0 aromatic carbocycles. The minimum atomic E-state index is 0.391. The second-order valence-corrected chi connectivity index (χ2v) is 6.09. The Balaban J connectivity index is 1.80. The Kier molecular flexibility index (Phi) is 5.60. The first-order chi connectivity index (χ1) is 9.24. The van der Waals surface area contributed by atoms with Gasteiger partial charge in [-0.25, -0.2) is 0 Å². The highest BCUT2D eigenvalue weighted by Crippen LogP contribution is 2.32. The average Bonchev–Trinajstić information content (AvgIpc) is 2.88. The van der Waals surface area contributed by atoms with Gasteiger partial charge in [-0.2, -0.15) is 0 Å². The number of ether oxygens (including phenoxy) is 1. The molecule has 0 radical (unpaired) electrons. The summed E-state index contributed by atoms with van der Waals surface area (Å²) in [5, 5.41) is 6.40. The summed E-state index contributed by atoms with van der Waals surface area (Å²) in [4.78, 5) is 3.81. The van der Waals surface area contributed by atoms with Gasteiger partial charge in [0.15, 0.2) is 5.11 Å². The normalized spacial score (nSPS) is 18.2. The van der Waals surface area contributed by atoms with Gasteiger partial charge in [-0.1, -0.05) is 0 Å². The van der Waals surface area contributed by atoms with E-state index in [0.717, 1.165) is 44.3 Å². The lowest BCUT2D eigenvalue weighted by Crippen LogP contribution is -2.44. The van der Waals surface area contributed by atoms with E-state index in [1.54, 1.807) is 0 Å². The summed E-state index contributed by atoms with van der Waals surface area (Å²) < 4.78 is 5.32. The first kappa shape index (κ1) is 14.8. The van der Waals surface area contributed by atoms with Crippen LogP contribution in [0, 0.1) is 0 Å². The predicted octanol–water partition coefficient (Wildman–Crippen LogP) is 2.97. The summed E-state index contributed by atoms with van der Waals surface area (Å²) in [5.41, 5.74) is 1.44. The van der Waals surface area contributed by atoms with Gasteiger partial charge in [0.25, 0.3) is 0 Å². The third-order valence-corrected chi connectivity index (χ3v) is 4.86. The summed E-state index contributed by atoms with van der Waals surface area (Å²) in [7, 11) is 0. The molecule has 5 heteroatoms. The zero-order valence-electron chi connectivity index (χ0n) is 11.6. The van der Waals surface area contributed by atoms with Crippen molar-refractivity contribution in [3.8, 4) is 0 Å². The van der Waals surface area contributed by atoms with Gasteiger partial charge >= 0.3 is 0 Å². The van der Waals surface area contributed by atoms with Gasteiger partial charge in [-0.3, -0.25) is 0 Å². The van der Waals surface area contributed by atoms with Gasteiger partial charge in [0.05, 0.1) is 6.04 Å². The van der Waals surface area contributed by atoms with E-state index in [2.05, 4.69) is 28.6 Å². The van der Waals surface area contributed by atoms with Crippen LogP contribution >= 0.6 is 23.6 Å². The van der Waals surface area contributed by atoms with Crippen LogP contribution < -0.4 is 5.32 Å². The molecule has 1 aromatic heterocycles. The highest BCUT2D eigenvalue weighted by molar-refractivity contribution is 7.80. The molecule has 1 aromatic rings. The van der Waals surface area contributed by atoms with Crippen molar-refractivity contribution in [3.63, 3.8) is 0 Å². The van der Waals surface area contributed by atoms with E-state index in [1.807, 2.05) is 18.3 Å². The van der Waals surface area contributed by atoms with E-state index in [-0.39, 0.29) is 0 Å². The molecule has 1 unspecified atom stereocenters. The molecule has 0 fully saturated rings. The van der Waals surface area contributed by atoms with Crippen molar-refractivity contribution in [2.75, 3.05) is 26.3 Å². The highest BCUT2D eigenvalue weighted by atomic mass is 32.1. The number of nitrogens with one attached hydrogen (secondary N) is 1. The van der Waals surface area contributed by atoms with Crippen molar-refractivity contribution in [3.05, 3.63) is 21.9 Å². The van der Waals surface area contributed by atoms with Gasteiger partial charge in [-0.05, 0) is 55.9 Å².